The number of unbranched alkanes of at least 4 members (excludes halogenated alkanes) is 9. The smallest absolute Gasteiger partial charge is 0.255 e. The first kappa shape index (κ1) is 28.1. The van der Waals surface area contributed by atoms with E-state index < -0.39 is 9.67 Å². The molecule has 0 atom stereocenters. The molecule has 0 aromatic carbocycles. The molecule has 0 aliphatic carbocycles. The van der Waals surface area contributed by atoms with Crippen molar-refractivity contribution in [3.8, 4) is 0 Å². The van der Waals surface area contributed by atoms with Gasteiger partial charge < -0.3 is 9.80 Å². The Morgan fingerprint density at radius 3 is 1.04 bits per heavy atom. The van der Waals surface area contributed by atoms with Crippen LogP contribution in [-0.2, 0) is 9.59 Å². The minimum absolute atomic E-state index is 0.192. The fourth-order valence-electron chi connectivity index (χ4n) is 3.14. The van der Waals surface area contributed by atoms with Crippen LogP contribution in [0, 0.1) is 0 Å². The summed E-state index contributed by atoms with van der Waals surface area (Å²) in [4.78, 5) is 25.0. The second-order valence-corrected chi connectivity index (χ2v) is 9.17. The molecule has 28 heavy (non-hydrogen) atoms. The van der Waals surface area contributed by atoms with Crippen LogP contribution in [0.4, 0.5) is 0 Å². The number of rotatable bonds is 17. The van der Waals surface area contributed by atoms with E-state index in [4.69, 9.17) is 46.4 Å². The van der Waals surface area contributed by atoms with Gasteiger partial charge in [0.25, 0.3) is 11.8 Å². The van der Waals surface area contributed by atoms with Crippen molar-refractivity contribution in [3.63, 3.8) is 0 Å². The Labute approximate surface area is 191 Å². The Morgan fingerprint density at radius 1 is 0.571 bits per heavy atom. The van der Waals surface area contributed by atoms with Crippen LogP contribution in [0.3, 0.4) is 0 Å². The zero-order chi connectivity index (χ0) is 21.4. The molecule has 0 fully saturated rings. The van der Waals surface area contributed by atoms with Crippen molar-refractivity contribution < 1.29 is 9.59 Å². The zero-order valence-electron chi connectivity index (χ0n) is 17.3. The van der Waals surface area contributed by atoms with E-state index in [-0.39, 0.29) is 11.8 Å². The van der Waals surface area contributed by atoms with Gasteiger partial charge in [0.2, 0.25) is 0 Å². The predicted molar refractivity (Wildman–Crippen MR) is 122 cm³/mol. The third-order valence-corrected chi connectivity index (χ3v) is 5.61. The van der Waals surface area contributed by atoms with Crippen molar-refractivity contribution >= 4 is 58.2 Å². The third-order valence-electron chi connectivity index (χ3n) is 4.87. The molecule has 0 aliphatic rings. The summed E-state index contributed by atoms with van der Waals surface area (Å²) in [5, 5.41) is 0. The lowest BCUT2D eigenvalue weighted by atomic mass is 10.1. The number of nitrogens with zero attached hydrogens (tertiary/aromatic N) is 2. The molecule has 0 bridgehead atoms. The van der Waals surface area contributed by atoms with Gasteiger partial charge in [-0.25, -0.2) is 0 Å². The Bertz CT molecular complexity index is 385. The van der Waals surface area contributed by atoms with Gasteiger partial charge in [-0.15, -0.1) is 0 Å². The molecule has 0 saturated heterocycles. The van der Waals surface area contributed by atoms with Crippen LogP contribution in [0.2, 0.25) is 0 Å². The van der Waals surface area contributed by atoms with Crippen molar-refractivity contribution in [3.05, 3.63) is 0 Å². The van der Waals surface area contributed by atoms with E-state index in [1.165, 1.54) is 38.5 Å². The van der Waals surface area contributed by atoms with Crippen LogP contribution in [0.5, 0.6) is 0 Å². The van der Waals surface area contributed by atoms with Crippen molar-refractivity contribution in [2.45, 2.75) is 87.7 Å². The van der Waals surface area contributed by atoms with E-state index >= 15 is 0 Å². The van der Waals surface area contributed by atoms with Crippen LogP contribution in [0.1, 0.15) is 78.1 Å². The molecular weight excluding hydrogens is 442 g/mol. The quantitative estimate of drug-likeness (QED) is 0.185. The predicted octanol–water partition coefficient (Wildman–Crippen LogP) is 6.19. The number of alkyl halides is 4. The topological polar surface area (TPSA) is 40.6 Å². The van der Waals surface area contributed by atoms with Gasteiger partial charge >= 0.3 is 0 Å². The van der Waals surface area contributed by atoms with Gasteiger partial charge in [0.15, 0.2) is 9.67 Å². The molecular formula is C20H36Cl4N2O2. The number of hydrogen-bond donors (Lipinski definition) is 0. The van der Waals surface area contributed by atoms with Crippen molar-refractivity contribution in [2.75, 3.05) is 26.2 Å². The number of amides is 2. The molecule has 0 saturated carbocycles. The van der Waals surface area contributed by atoms with Gasteiger partial charge in [0.05, 0.1) is 0 Å². The molecule has 0 aromatic heterocycles. The second kappa shape index (κ2) is 17.9. The maximum Gasteiger partial charge on any atom is 0.255 e. The van der Waals surface area contributed by atoms with Gasteiger partial charge in [-0.3, -0.25) is 9.59 Å². The molecule has 4 nitrogen and oxygen atoms in total. The van der Waals surface area contributed by atoms with Crippen LogP contribution >= 0.6 is 46.4 Å². The second-order valence-electron chi connectivity index (χ2n) is 6.97. The summed E-state index contributed by atoms with van der Waals surface area (Å²) in [5.74, 6) is -0.384. The SMILES string of the molecule is CCN(CCCCCCCCCCCCN(CC)C(=O)C(Cl)Cl)C(=O)C(Cl)Cl. The standard InChI is InChI=1S/C20H36Cl4N2O2/c1-3-25(19(27)17(21)22)15-13-11-9-7-5-6-8-10-12-14-16-26(4-2)20(28)18(23)24/h17-18H,3-16H2,1-2H3. The fraction of sp³-hybridized carbons (Fsp3) is 0.900. The van der Waals surface area contributed by atoms with Crippen molar-refractivity contribution in [1.82, 2.24) is 9.80 Å². The molecule has 2 amide bonds. The van der Waals surface area contributed by atoms with Crippen LogP contribution in [0.25, 0.3) is 0 Å². The molecule has 8 heteroatoms. The van der Waals surface area contributed by atoms with E-state index in [1.54, 1.807) is 9.80 Å². The summed E-state index contributed by atoms with van der Waals surface area (Å²) < 4.78 is 0. The van der Waals surface area contributed by atoms with Crippen LogP contribution < -0.4 is 0 Å². The van der Waals surface area contributed by atoms with E-state index in [2.05, 4.69) is 0 Å². The lowest BCUT2D eigenvalue weighted by Crippen LogP contribution is -2.35. The molecule has 0 aromatic rings. The van der Waals surface area contributed by atoms with E-state index in [0.717, 1.165) is 38.8 Å². The van der Waals surface area contributed by atoms with Gasteiger partial charge in [-0.2, -0.15) is 0 Å². The lowest BCUT2D eigenvalue weighted by molar-refractivity contribution is -0.130. The number of halogens is 4. The molecule has 0 N–H and O–H groups in total. The van der Waals surface area contributed by atoms with Crippen molar-refractivity contribution in [1.29, 1.82) is 0 Å². The maximum atomic E-state index is 11.7. The fourth-order valence-corrected chi connectivity index (χ4v) is 3.70. The molecule has 0 heterocycles. The highest BCUT2D eigenvalue weighted by molar-refractivity contribution is 6.53. The van der Waals surface area contributed by atoms with Gasteiger partial charge in [-0.1, -0.05) is 97.8 Å². The maximum absolute atomic E-state index is 11.7. The van der Waals surface area contributed by atoms with E-state index in [1.807, 2.05) is 13.8 Å². The Hall–Kier alpha value is 0.1000. The first-order valence-corrected chi connectivity index (χ1v) is 12.2. The van der Waals surface area contributed by atoms with Gasteiger partial charge in [0, 0.05) is 26.2 Å². The normalized spacial score (nSPS) is 11.3. The molecule has 0 radical (unpaired) electrons. The first-order chi connectivity index (χ1) is 13.3. The van der Waals surface area contributed by atoms with E-state index in [9.17, 15) is 9.59 Å². The Morgan fingerprint density at radius 2 is 0.821 bits per heavy atom. The molecule has 166 valence electrons. The summed E-state index contributed by atoms with van der Waals surface area (Å²) in [7, 11) is 0. The summed E-state index contributed by atoms with van der Waals surface area (Å²) in [6.45, 7) is 6.65. The number of carbonyl (C=O) groups is 2. The highest BCUT2D eigenvalue weighted by atomic mass is 35.5. The summed E-state index contributed by atoms with van der Waals surface area (Å²) in [6, 6.07) is 0. The lowest BCUT2D eigenvalue weighted by Gasteiger charge is -2.21. The minimum atomic E-state index is -0.956. The number of hydrogen-bond acceptors (Lipinski definition) is 2. The summed E-state index contributed by atoms with van der Waals surface area (Å²) in [6.07, 6.45) is 11.6. The van der Waals surface area contributed by atoms with Gasteiger partial charge in [-0.05, 0) is 26.7 Å². The zero-order valence-corrected chi connectivity index (χ0v) is 20.3. The summed E-state index contributed by atoms with van der Waals surface area (Å²) in [5.41, 5.74) is 0. The number of carbonyl (C=O) groups excluding carboxylic acids is 2. The molecule has 0 spiro atoms. The van der Waals surface area contributed by atoms with Crippen LogP contribution in [0.15, 0.2) is 0 Å². The summed E-state index contributed by atoms with van der Waals surface area (Å²) >= 11 is 22.6. The highest BCUT2D eigenvalue weighted by Gasteiger charge is 2.18. The Balaban J connectivity index is 3.53. The largest absolute Gasteiger partial charge is 0.341 e. The first-order valence-electron chi connectivity index (χ1n) is 10.5. The molecule has 0 unspecified atom stereocenters. The monoisotopic (exact) mass is 476 g/mol. The minimum Gasteiger partial charge on any atom is -0.341 e. The highest BCUT2D eigenvalue weighted by Crippen LogP contribution is 2.13. The molecule has 0 aliphatic heterocycles. The molecule has 0 rings (SSSR count). The average molecular weight is 478 g/mol. The van der Waals surface area contributed by atoms with Crippen LogP contribution in [-0.4, -0.2) is 57.5 Å². The average Bonchev–Trinajstić information content (AvgIpc) is 2.67. The Kier molecular flexibility index (Phi) is 18.0. The van der Waals surface area contributed by atoms with E-state index in [0.29, 0.717) is 13.1 Å². The van der Waals surface area contributed by atoms with Crippen molar-refractivity contribution in [2.24, 2.45) is 0 Å². The third kappa shape index (κ3) is 13.3. The van der Waals surface area contributed by atoms with Gasteiger partial charge in [0.1, 0.15) is 0 Å².